The smallest absolute Gasteiger partial charge is 0.344 e. The van der Waals surface area contributed by atoms with Crippen LogP contribution in [0.15, 0.2) is 47.4 Å². The van der Waals surface area contributed by atoms with Crippen LogP contribution < -0.4 is 14.8 Å². The number of nitrogens with zero attached hydrogens (tertiary/aromatic N) is 1. The molecule has 0 spiro atoms. The molecule has 0 aromatic heterocycles. The van der Waals surface area contributed by atoms with Gasteiger partial charge in [0.15, 0.2) is 19.0 Å². The van der Waals surface area contributed by atoms with Crippen LogP contribution in [0.3, 0.4) is 0 Å². The zero-order valence-corrected chi connectivity index (χ0v) is 18.9. The van der Waals surface area contributed by atoms with Gasteiger partial charge in [-0.05, 0) is 49.4 Å². The Bertz CT molecular complexity index is 1100. The van der Waals surface area contributed by atoms with Gasteiger partial charge >= 0.3 is 5.97 Å². The number of hydrogen-bond acceptors (Lipinski definition) is 8. The van der Waals surface area contributed by atoms with Crippen molar-refractivity contribution in [1.82, 2.24) is 4.31 Å². The summed E-state index contributed by atoms with van der Waals surface area (Å²) in [6, 6.07) is 10.2. The van der Waals surface area contributed by atoms with E-state index < -0.39 is 35.1 Å². The van der Waals surface area contributed by atoms with E-state index >= 15 is 0 Å². The minimum atomic E-state index is -3.72. The first-order valence-corrected chi connectivity index (χ1v) is 10.8. The molecular formula is C21H24N2O8S. The van der Waals surface area contributed by atoms with Crippen LogP contribution in [0.2, 0.25) is 0 Å². The van der Waals surface area contributed by atoms with Crippen molar-refractivity contribution in [3.63, 3.8) is 0 Å². The molecule has 0 aliphatic carbocycles. The highest BCUT2D eigenvalue weighted by Gasteiger charge is 2.20. The average Bonchev–Trinajstić information content (AvgIpc) is 2.76. The van der Waals surface area contributed by atoms with Crippen molar-refractivity contribution in [3.05, 3.63) is 48.0 Å². The van der Waals surface area contributed by atoms with Crippen LogP contribution in [0, 0.1) is 0 Å². The zero-order valence-electron chi connectivity index (χ0n) is 18.1. The number of carbonyl (C=O) groups excluding carboxylic acids is 3. The van der Waals surface area contributed by atoms with Gasteiger partial charge in [-0.25, -0.2) is 17.5 Å². The highest BCUT2D eigenvalue weighted by molar-refractivity contribution is 7.89. The Balaban J connectivity index is 1.93. The summed E-state index contributed by atoms with van der Waals surface area (Å²) in [5.74, 6) is -0.975. The van der Waals surface area contributed by atoms with Gasteiger partial charge in [-0.2, -0.15) is 0 Å². The highest BCUT2D eigenvalue weighted by Crippen LogP contribution is 2.28. The lowest BCUT2D eigenvalue weighted by atomic mass is 10.1. The SMILES string of the molecule is COc1ccc(S(=O)(=O)N(C)C)cc1NC(=O)COC(=O)COc1ccc(C(C)=O)cc1. The van der Waals surface area contributed by atoms with E-state index in [1.54, 1.807) is 12.1 Å². The van der Waals surface area contributed by atoms with Gasteiger partial charge in [0, 0.05) is 19.7 Å². The molecule has 0 aliphatic heterocycles. The average molecular weight is 464 g/mol. The largest absolute Gasteiger partial charge is 0.495 e. The number of carbonyl (C=O) groups is 3. The van der Waals surface area contributed by atoms with E-state index in [9.17, 15) is 22.8 Å². The highest BCUT2D eigenvalue weighted by atomic mass is 32.2. The van der Waals surface area contributed by atoms with Gasteiger partial charge in [0.2, 0.25) is 10.0 Å². The quantitative estimate of drug-likeness (QED) is 0.416. The molecule has 1 N–H and O–H groups in total. The van der Waals surface area contributed by atoms with E-state index in [-0.39, 0.29) is 22.1 Å². The Morgan fingerprint density at radius 3 is 2.22 bits per heavy atom. The summed E-state index contributed by atoms with van der Waals surface area (Å²) in [6.45, 7) is 0.386. The van der Waals surface area contributed by atoms with E-state index in [4.69, 9.17) is 14.2 Å². The summed E-state index contributed by atoms with van der Waals surface area (Å²) in [5.41, 5.74) is 0.618. The van der Waals surface area contributed by atoms with Gasteiger partial charge < -0.3 is 19.5 Å². The van der Waals surface area contributed by atoms with Gasteiger partial charge in [-0.3, -0.25) is 9.59 Å². The molecule has 0 saturated heterocycles. The third-order valence-corrected chi connectivity index (χ3v) is 6.02. The number of esters is 1. The predicted octanol–water partition coefficient (Wildman–Crippen LogP) is 1.71. The Morgan fingerprint density at radius 2 is 1.66 bits per heavy atom. The molecule has 0 bridgehead atoms. The van der Waals surface area contributed by atoms with Crippen molar-refractivity contribution >= 4 is 33.4 Å². The summed E-state index contributed by atoms with van der Waals surface area (Å²) in [4.78, 5) is 35.2. The minimum Gasteiger partial charge on any atom is -0.495 e. The Labute approximate surface area is 186 Å². The van der Waals surface area contributed by atoms with Gasteiger partial charge in [0.05, 0.1) is 17.7 Å². The van der Waals surface area contributed by atoms with Crippen molar-refractivity contribution in [3.8, 4) is 11.5 Å². The van der Waals surface area contributed by atoms with Crippen molar-refractivity contribution in [2.75, 3.05) is 39.7 Å². The Hall–Kier alpha value is -3.44. The van der Waals surface area contributed by atoms with E-state index in [1.807, 2.05) is 0 Å². The van der Waals surface area contributed by atoms with Crippen molar-refractivity contribution in [2.24, 2.45) is 0 Å². The van der Waals surface area contributed by atoms with Crippen LogP contribution in [-0.2, 0) is 24.3 Å². The summed E-state index contributed by atoms with van der Waals surface area (Å²) in [6.07, 6.45) is 0. The number of rotatable bonds is 10. The Morgan fingerprint density at radius 1 is 1.00 bits per heavy atom. The lowest BCUT2D eigenvalue weighted by Crippen LogP contribution is -2.25. The summed E-state index contributed by atoms with van der Waals surface area (Å²) in [7, 11) is 0.417. The molecule has 2 aromatic rings. The maximum absolute atomic E-state index is 12.3. The molecule has 0 atom stereocenters. The first-order valence-electron chi connectivity index (χ1n) is 9.34. The number of ketones is 1. The molecule has 0 unspecified atom stereocenters. The van der Waals surface area contributed by atoms with Crippen LogP contribution in [0.1, 0.15) is 17.3 Å². The number of methoxy groups -OCH3 is 1. The summed E-state index contributed by atoms with van der Waals surface area (Å²) >= 11 is 0. The molecule has 0 aliphatic rings. The van der Waals surface area contributed by atoms with Gasteiger partial charge in [0.25, 0.3) is 5.91 Å². The van der Waals surface area contributed by atoms with Crippen LogP contribution >= 0.6 is 0 Å². The second kappa shape index (κ2) is 10.7. The fourth-order valence-electron chi connectivity index (χ4n) is 2.46. The molecule has 1 amide bonds. The van der Waals surface area contributed by atoms with Crippen LogP contribution in [-0.4, -0.2) is 64.8 Å². The molecule has 0 radical (unpaired) electrons. The van der Waals surface area contributed by atoms with Crippen molar-refractivity contribution in [1.29, 1.82) is 0 Å². The summed E-state index contributed by atoms with van der Waals surface area (Å²) < 4.78 is 40.9. The summed E-state index contributed by atoms with van der Waals surface area (Å²) in [5, 5.41) is 2.46. The molecule has 0 fully saturated rings. The number of nitrogens with one attached hydrogen (secondary N) is 1. The molecule has 2 rings (SSSR count). The number of sulfonamides is 1. The standard InChI is InChI=1S/C21H24N2O8S/c1-14(24)15-5-7-16(8-6-15)30-13-21(26)31-12-20(25)22-18-11-17(9-10-19(18)29-4)32(27,28)23(2)3/h5-11H,12-13H2,1-4H3,(H,22,25). The van der Waals surface area contributed by atoms with Crippen molar-refractivity contribution in [2.45, 2.75) is 11.8 Å². The van der Waals surface area contributed by atoms with Gasteiger partial charge in [0.1, 0.15) is 11.5 Å². The molecule has 2 aromatic carbocycles. The topological polar surface area (TPSA) is 128 Å². The molecule has 172 valence electrons. The van der Waals surface area contributed by atoms with Crippen molar-refractivity contribution < 1.29 is 37.0 Å². The zero-order chi connectivity index (χ0) is 23.9. The normalized spacial score (nSPS) is 11.0. The molecule has 11 heteroatoms. The number of hydrogen-bond donors (Lipinski definition) is 1. The molecule has 32 heavy (non-hydrogen) atoms. The maximum Gasteiger partial charge on any atom is 0.344 e. The van der Waals surface area contributed by atoms with Gasteiger partial charge in [-0.1, -0.05) is 0 Å². The van der Waals surface area contributed by atoms with E-state index in [2.05, 4.69) is 5.32 Å². The third kappa shape index (κ3) is 6.53. The predicted molar refractivity (Wildman–Crippen MR) is 115 cm³/mol. The molecule has 0 saturated carbocycles. The maximum atomic E-state index is 12.3. The number of benzene rings is 2. The number of amides is 1. The molecule has 10 nitrogen and oxygen atoms in total. The number of Topliss-reactive ketones (excluding diaryl/α,β-unsaturated/α-hetero) is 1. The third-order valence-electron chi connectivity index (χ3n) is 4.21. The lowest BCUT2D eigenvalue weighted by Gasteiger charge is -2.15. The van der Waals surface area contributed by atoms with Crippen LogP contribution in [0.25, 0.3) is 0 Å². The van der Waals surface area contributed by atoms with E-state index in [0.717, 1.165) is 4.31 Å². The van der Waals surface area contributed by atoms with Crippen LogP contribution in [0.4, 0.5) is 5.69 Å². The van der Waals surface area contributed by atoms with E-state index in [1.165, 1.54) is 58.5 Å². The number of ether oxygens (including phenoxy) is 3. The second-order valence-electron chi connectivity index (χ2n) is 6.73. The van der Waals surface area contributed by atoms with E-state index in [0.29, 0.717) is 11.3 Å². The molecular weight excluding hydrogens is 440 g/mol. The fraction of sp³-hybridized carbons (Fsp3) is 0.286. The first kappa shape index (κ1) is 24.8. The van der Waals surface area contributed by atoms with Crippen LogP contribution in [0.5, 0.6) is 11.5 Å². The monoisotopic (exact) mass is 464 g/mol. The second-order valence-corrected chi connectivity index (χ2v) is 8.88. The molecule has 0 heterocycles. The first-order chi connectivity index (χ1) is 15.0. The lowest BCUT2D eigenvalue weighted by molar-refractivity contribution is -0.149. The number of anilines is 1. The minimum absolute atomic E-state index is 0.0419. The Kier molecular flexibility index (Phi) is 8.33. The van der Waals surface area contributed by atoms with Gasteiger partial charge in [-0.15, -0.1) is 0 Å². The fourth-order valence-corrected chi connectivity index (χ4v) is 3.39.